The molecular weight excluding hydrogens is 266 g/mol. The zero-order valence-electron chi connectivity index (χ0n) is 10.5. The molecule has 2 rings (SSSR count). The lowest BCUT2D eigenvalue weighted by molar-refractivity contribution is -0.432. The molecule has 1 aromatic carbocycles. The first kappa shape index (κ1) is 13.4. The number of nitrogens with one attached hydrogen (secondary N) is 1. The van der Waals surface area contributed by atoms with Gasteiger partial charge in [0.2, 0.25) is 0 Å². The van der Waals surface area contributed by atoms with E-state index in [1.165, 1.54) is 23.7 Å². The fourth-order valence-corrected chi connectivity index (χ4v) is 2.75. The maximum Gasteiger partial charge on any atom is 0.323 e. The largest absolute Gasteiger partial charge is 0.323 e. The van der Waals surface area contributed by atoms with Crippen LogP contribution in [0.5, 0.6) is 0 Å². The van der Waals surface area contributed by atoms with E-state index in [1.54, 1.807) is 30.5 Å². The molecule has 0 bridgehead atoms. The molecule has 1 heterocycles. The summed E-state index contributed by atoms with van der Waals surface area (Å²) in [6.07, 6.45) is 1.72. The molecule has 1 N–H and O–H groups in total. The Bertz CT molecular complexity index is 544. The molecule has 7 heteroatoms. The molecule has 0 saturated carbocycles. The molecule has 2 amide bonds. The van der Waals surface area contributed by atoms with Crippen LogP contribution in [0.25, 0.3) is 0 Å². The smallest absolute Gasteiger partial charge is 0.321 e. The van der Waals surface area contributed by atoms with Crippen LogP contribution in [0.2, 0.25) is 0 Å². The topological polar surface area (TPSA) is 75.5 Å². The minimum Gasteiger partial charge on any atom is -0.321 e. The number of urea groups is 1. The van der Waals surface area contributed by atoms with Crippen LogP contribution in [0.4, 0.5) is 4.79 Å². The van der Waals surface area contributed by atoms with Gasteiger partial charge in [0.1, 0.15) is 6.04 Å². The van der Waals surface area contributed by atoms with E-state index < -0.39 is 11.0 Å². The van der Waals surface area contributed by atoms with E-state index in [9.17, 15) is 14.9 Å². The maximum atomic E-state index is 11.9. The maximum absolute atomic E-state index is 11.9. The number of carbonyl (C=O) groups is 1. The quantitative estimate of drug-likeness (QED) is 0.679. The summed E-state index contributed by atoms with van der Waals surface area (Å²) in [6, 6.07) is 7.86. The number of benzene rings is 1. The molecule has 0 spiro atoms. The highest BCUT2D eigenvalue weighted by Crippen LogP contribution is 2.34. The second-order valence-electron chi connectivity index (χ2n) is 4.00. The van der Waals surface area contributed by atoms with Crippen molar-refractivity contribution in [2.45, 2.75) is 6.04 Å². The molecular formula is C12H13N3O3S. The zero-order valence-corrected chi connectivity index (χ0v) is 11.3. The Morgan fingerprint density at radius 1 is 1.37 bits per heavy atom. The molecule has 0 fully saturated rings. The molecule has 0 aromatic heterocycles. The summed E-state index contributed by atoms with van der Waals surface area (Å²) in [5.74, 6) is 0. The number of hydrogen-bond donors (Lipinski definition) is 1. The van der Waals surface area contributed by atoms with E-state index in [-0.39, 0.29) is 11.7 Å². The van der Waals surface area contributed by atoms with Gasteiger partial charge in [0.25, 0.3) is 0 Å². The van der Waals surface area contributed by atoms with E-state index in [0.717, 1.165) is 0 Å². The van der Waals surface area contributed by atoms with E-state index >= 15 is 0 Å². The van der Waals surface area contributed by atoms with E-state index in [2.05, 4.69) is 5.32 Å². The summed E-state index contributed by atoms with van der Waals surface area (Å²) >= 11 is 1.20. The van der Waals surface area contributed by atoms with Gasteiger partial charge in [0.05, 0.1) is 4.92 Å². The van der Waals surface area contributed by atoms with E-state index in [0.29, 0.717) is 10.6 Å². The molecule has 0 radical (unpaired) electrons. The van der Waals surface area contributed by atoms with Gasteiger partial charge < -0.3 is 5.32 Å². The van der Waals surface area contributed by atoms with E-state index in [1.807, 2.05) is 6.07 Å². The average Bonchev–Trinajstić information content (AvgIpc) is 2.41. The molecule has 100 valence electrons. The SMILES string of the molecule is CSC1=C([N+](=O)[O-])[C@H](c2ccccc2)NC(=O)N1C. The van der Waals surface area contributed by atoms with Crippen molar-refractivity contribution >= 4 is 17.8 Å². The number of nitrogens with zero attached hydrogens (tertiary/aromatic N) is 2. The Balaban J connectivity index is 2.56. The predicted molar refractivity (Wildman–Crippen MR) is 73.0 cm³/mol. The minimum atomic E-state index is -0.720. The van der Waals surface area contributed by atoms with Crippen LogP contribution in [-0.2, 0) is 0 Å². The number of hydrogen-bond acceptors (Lipinski definition) is 4. The Morgan fingerprint density at radius 3 is 2.53 bits per heavy atom. The number of rotatable bonds is 3. The van der Waals surface area contributed by atoms with Gasteiger partial charge in [-0.3, -0.25) is 15.0 Å². The van der Waals surface area contributed by atoms with Gasteiger partial charge in [-0.2, -0.15) is 0 Å². The monoisotopic (exact) mass is 279 g/mol. The highest BCUT2D eigenvalue weighted by Gasteiger charge is 2.39. The first-order valence-electron chi connectivity index (χ1n) is 5.58. The molecule has 6 nitrogen and oxygen atoms in total. The first-order chi connectivity index (χ1) is 9.06. The van der Waals surface area contributed by atoms with Crippen molar-refractivity contribution in [2.75, 3.05) is 13.3 Å². The second kappa shape index (κ2) is 5.31. The Labute approximate surface area is 114 Å². The number of nitro groups is 1. The first-order valence-corrected chi connectivity index (χ1v) is 6.80. The Hall–Kier alpha value is -2.02. The summed E-state index contributed by atoms with van der Waals surface area (Å²) < 4.78 is 0. The van der Waals surface area contributed by atoms with Crippen molar-refractivity contribution in [2.24, 2.45) is 0 Å². The normalized spacial score (nSPS) is 19.4. The van der Waals surface area contributed by atoms with Gasteiger partial charge in [-0.1, -0.05) is 30.3 Å². The summed E-state index contributed by atoms with van der Waals surface area (Å²) in [4.78, 5) is 24.0. The van der Waals surface area contributed by atoms with Crippen molar-refractivity contribution in [3.05, 3.63) is 56.7 Å². The zero-order chi connectivity index (χ0) is 14.0. The Morgan fingerprint density at radius 2 is 2.00 bits per heavy atom. The van der Waals surface area contributed by atoms with Gasteiger partial charge in [0, 0.05) is 7.05 Å². The third kappa shape index (κ3) is 2.41. The fraction of sp³-hybridized carbons (Fsp3) is 0.250. The summed E-state index contributed by atoms with van der Waals surface area (Å²) in [7, 11) is 1.52. The Kier molecular flexibility index (Phi) is 3.75. The van der Waals surface area contributed by atoms with Gasteiger partial charge in [-0.25, -0.2) is 4.79 Å². The molecule has 19 heavy (non-hydrogen) atoms. The van der Waals surface area contributed by atoms with Crippen molar-refractivity contribution in [1.29, 1.82) is 0 Å². The van der Waals surface area contributed by atoms with E-state index in [4.69, 9.17) is 0 Å². The van der Waals surface area contributed by atoms with Crippen LogP contribution in [0.1, 0.15) is 11.6 Å². The van der Waals surface area contributed by atoms with Gasteiger partial charge >= 0.3 is 11.7 Å². The lowest BCUT2D eigenvalue weighted by Gasteiger charge is -2.29. The van der Waals surface area contributed by atoms with Crippen molar-refractivity contribution in [3.63, 3.8) is 0 Å². The number of amides is 2. The summed E-state index contributed by atoms with van der Waals surface area (Å²) in [5, 5.41) is 14.3. The van der Waals surface area contributed by atoms with Crippen molar-refractivity contribution in [1.82, 2.24) is 10.2 Å². The molecule has 1 aromatic rings. The fourth-order valence-electron chi connectivity index (χ4n) is 1.99. The molecule has 1 aliphatic rings. The molecule has 0 aliphatic carbocycles. The summed E-state index contributed by atoms with van der Waals surface area (Å²) in [6.45, 7) is 0. The third-order valence-corrected chi connectivity index (χ3v) is 3.76. The van der Waals surface area contributed by atoms with Gasteiger partial charge in [0.15, 0.2) is 5.03 Å². The molecule has 1 atom stereocenters. The average molecular weight is 279 g/mol. The molecule has 1 aliphatic heterocycles. The predicted octanol–water partition coefficient (Wildman–Crippen LogP) is 2.19. The van der Waals surface area contributed by atoms with Crippen LogP contribution >= 0.6 is 11.8 Å². The van der Waals surface area contributed by atoms with Crippen molar-refractivity contribution in [3.8, 4) is 0 Å². The van der Waals surface area contributed by atoms with Crippen molar-refractivity contribution < 1.29 is 9.72 Å². The van der Waals surface area contributed by atoms with Gasteiger partial charge in [-0.05, 0) is 11.8 Å². The van der Waals surface area contributed by atoms with Gasteiger partial charge in [-0.15, -0.1) is 11.8 Å². The standard InChI is InChI=1S/C12H13N3O3S/c1-14-11(19-2)10(15(17)18)9(13-12(14)16)8-6-4-3-5-7-8/h3-7,9H,1-2H3,(H,13,16)/t9-/m0/s1. The third-order valence-electron chi connectivity index (χ3n) is 2.89. The number of thioether (sulfide) groups is 1. The lowest BCUT2D eigenvalue weighted by atomic mass is 10.0. The molecule has 0 unspecified atom stereocenters. The second-order valence-corrected chi connectivity index (χ2v) is 4.80. The van der Waals surface area contributed by atoms with Crippen LogP contribution < -0.4 is 5.32 Å². The molecule has 0 saturated heterocycles. The van der Waals surface area contributed by atoms with Crippen LogP contribution in [0.15, 0.2) is 41.1 Å². The highest BCUT2D eigenvalue weighted by atomic mass is 32.2. The highest BCUT2D eigenvalue weighted by molar-refractivity contribution is 8.02. The number of carbonyl (C=O) groups excluding carboxylic acids is 1. The van der Waals surface area contributed by atoms with Crippen LogP contribution in [-0.4, -0.2) is 29.2 Å². The minimum absolute atomic E-state index is 0.000741. The lowest BCUT2D eigenvalue weighted by Crippen LogP contribution is -2.45. The summed E-state index contributed by atoms with van der Waals surface area (Å²) in [5.41, 5.74) is 0.697. The van der Waals surface area contributed by atoms with Crippen LogP contribution in [0, 0.1) is 10.1 Å². The van der Waals surface area contributed by atoms with Crippen LogP contribution in [0.3, 0.4) is 0 Å².